The Balaban J connectivity index is 1.58. The largest absolute Gasteiger partial charge is 0.298 e. The van der Waals surface area contributed by atoms with Crippen molar-refractivity contribution in [2.24, 2.45) is 0 Å². The molecule has 0 saturated carbocycles. The van der Waals surface area contributed by atoms with Gasteiger partial charge in [0.25, 0.3) is 11.5 Å². The SMILES string of the molecule is Cc1cccc2sc(NC(=O)c3cc4cccnc4n(Cc4ccccc4F)c3=O)nc12. The average molecular weight is 444 g/mol. The van der Waals surface area contributed by atoms with Crippen molar-refractivity contribution >= 4 is 43.6 Å². The molecule has 3 heterocycles. The Morgan fingerprint density at radius 3 is 2.78 bits per heavy atom. The van der Waals surface area contributed by atoms with Gasteiger partial charge in [-0.2, -0.15) is 0 Å². The molecule has 8 heteroatoms. The van der Waals surface area contributed by atoms with Crippen molar-refractivity contribution in [2.45, 2.75) is 13.5 Å². The zero-order valence-corrected chi connectivity index (χ0v) is 17.8. The Hall–Kier alpha value is -3.91. The highest BCUT2D eigenvalue weighted by Crippen LogP contribution is 2.28. The molecule has 1 N–H and O–H groups in total. The minimum atomic E-state index is -0.570. The molecule has 32 heavy (non-hydrogen) atoms. The van der Waals surface area contributed by atoms with Crippen LogP contribution in [0.25, 0.3) is 21.3 Å². The molecular weight excluding hydrogens is 427 g/mol. The zero-order chi connectivity index (χ0) is 22.2. The molecule has 5 rings (SSSR count). The number of pyridine rings is 2. The lowest BCUT2D eigenvalue weighted by Crippen LogP contribution is -2.30. The van der Waals surface area contributed by atoms with Gasteiger partial charge < -0.3 is 0 Å². The lowest BCUT2D eigenvalue weighted by molar-refractivity contribution is 0.102. The number of rotatable bonds is 4. The van der Waals surface area contributed by atoms with E-state index < -0.39 is 17.3 Å². The van der Waals surface area contributed by atoms with Gasteiger partial charge in [-0.25, -0.2) is 14.4 Å². The third-order valence-electron chi connectivity index (χ3n) is 5.22. The molecule has 0 radical (unpaired) electrons. The van der Waals surface area contributed by atoms with Gasteiger partial charge in [0, 0.05) is 17.1 Å². The minimum Gasteiger partial charge on any atom is -0.298 e. The van der Waals surface area contributed by atoms with Crippen LogP contribution in [0.1, 0.15) is 21.5 Å². The van der Waals surface area contributed by atoms with E-state index >= 15 is 0 Å². The summed E-state index contributed by atoms with van der Waals surface area (Å²) in [6, 6.07) is 17.0. The molecule has 158 valence electrons. The first-order chi connectivity index (χ1) is 15.5. The number of amides is 1. The molecule has 0 saturated heterocycles. The highest BCUT2D eigenvalue weighted by Gasteiger charge is 2.19. The van der Waals surface area contributed by atoms with E-state index in [-0.39, 0.29) is 12.1 Å². The number of carbonyl (C=O) groups is 1. The fourth-order valence-electron chi connectivity index (χ4n) is 3.62. The lowest BCUT2D eigenvalue weighted by Gasteiger charge is -2.12. The number of aromatic nitrogens is 3. The first kappa shape index (κ1) is 20.0. The summed E-state index contributed by atoms with van der Waals surface area (Å²) in [4.78, 5) is 35.1. The number of thiazole rings is 1. The van der Waals surface area contributed by atoms with Gasteiger partial charge >= 0.3 is 0 Å². The van der Waals surface area contributed by atoms with Crippen LogP contribution in [0.2, 0.25) is 0 Å². The summed E-state index contributed by atoms with van der Waals surface area (Å²) in [6.45, 7) is 1.91. The second-order valence-corrected chi connectivity index (χ2v) is 8.38. The molecular formula is C24H17FN4O2S. The number of para-hydroxylation sites is 1. The molecule has 0 atom stereocenters. The van der Waals surface area contributed by atoms with E-state index in [0.717, 1.165) is 15.8 Å². The maximum absolute atomic E-state index is 14.3. The molecule has 0 aliphatic carbocycles. The van der Waals surface area contributed by atoms with Gasteiger partial charge in [0.1, 0.15) is 17.0 Å². The number of fused-ring (bicyclic) bond motifs is 2. The number of aryl methyl sites for hydroxylation is 1. The Morgan fingerprint density at radius 2 is 1.97 bits per heavy atom. The third-order valence-corrected chi connectivity index (χ3v) is 6.16. The van der Waals surface area contributed by atoms with Gasteiger partial charge in [0.2, 0.25) is 0 Å². The van der Waals surface area contributed by atoms with E-state index in [9.17, 15) is 14.0 Å². The van der Waals surface area contributed by atoms with Gasteiger partial charge in [0.05, 0.1) is 16.8 Å². The van der Waals surface area contributed by atoms with Crippen LogP contribution in [0.3, 0.4) is 0 Å². The van der Waals surface area contributed by atoms with Crippen LogP contribution in [0, 0.1) is 12.7 Å². The minimum absolute atomic E-state index is 0.0412. The monoisotopic (exact) mass is 444 g/mol. The predicted octanol–water partition coefficient (Wildman–Crippen LogP) is 4.75. The molecule has 6 nitrogen and oxygen atoms in total. The van der Waals surface area contributed by atoms with Gasteiger partial charge in [-0.3, -0.25) is 19.5 Å². The summed E-state index contributed by atoms with van der Waals surface area (Å²) in [7, 11) is 0. The van der Waals surface area contributed by atoms with Crippen LogP contribution < -0.4 is 10.9 Å². The summed E-state index contributed by atoms with van der Waals surface area (Å²) >= 11 is 1.34. The van der Waals surface area contributed by atoms with E-state index in [1.54, 1.807) is 36.5 Å². The summed E-state index contributed by atoms with van der Waals surface area (Å²) in [5.74, 6) is -0.997. The zero-order valence-electron chi connectivity index (χ0n) is 17.0. The van der Waals surface area contributed by atoms with Crippen molar-refractivity contribution in [2.75, 3.05) is 5.32 Å². The first-order valence-electron chi connectivity index (χ1n) is 9.91. The molecule has 0 bridgehead atoms. The summed E-state index contributed by atoms with van der Waals surface area (Å²) in [5.41, 5.74) is 1.93. The van der Waals surface area contributed by atoms with E-state index in [1.165, 1.54) is 28.0 Å². The van der Waals surface area contributed by atoms with E-state index in [1.807, 2.05) is 25.1 Å². The normalized spacial score (nSPS) is 11.2. The van der Waals surface area contributed by atoms with E-state index in [4.69, 9.17) is 0 Å². The van der Waals surface area contributed by atoms with Gasteiger partial charge in [-0.1, -0.05) is 41.7 Å². The number of hydrogen-bond donors (Lipinski definition) is 1. The Kier molecular flexibility index (Phi) is 4.99. The van der Waals surface area contributed by atoms with Crippen LogP contribution in [-0.2, 0) is 6.54 Å². The van der Waals surface area contributed by atoms with Crippen LogP contribution in [0.15, 0.2) is 71.7 Å². The van der Waals surface area contributed by atoms with Crippen molar-refractivity contribution in [3.63, 3.8) is 0 Å². The van der Waals surface area contributed by atoms with Crippen molar-refractivity contribution in [3.05, 3.63) is 99.7 Å². The second-order valence-electron chi connectivity index (χ2n) is 7.35. The number of benzene rings is 2. The number of anilines is 1. The quantitative estimate of drug-likeness (QED) is 0.434. The molecule has 1 amide bonds. The predicted molar refractivity (Wildman–Crippen MR) is 124 cm³/mol. The molecule has 0 spiro atoms. The smallest absolute Gasteiger partial charge is 0.265 e. The standard InChI is InChI=1S/C24H17FN4O2S/c1-14-6-4-10-19-20(14)27-24(32-19)28-22(30)17-12-15-8-5-11-26-21(15)29(23(17)31)13-16-7-2-3-9-18(16)25/h2-12H,13H2,1H3,(H,27,28,30). The maximum atomic E-state index is 14.3. The highest BCUT2D eigenvalue weighted by molar-refractivity contribution is 7.22. The number of nitrogens with one attached hydrogen (secondary N) is 1. The van der Waals surface area contributed by atoms with E-state index in [2.05, 4.69) is 15.3 Å². The van der Waals surface area contributed by atoms with Crippen molar-refractivity contribution in [1.29, 1.82) is 0 Å². The molecule has 5 aromatic rings. The molecule has 0 unspecified atom stereocenters. The number of hydrogen-bond acceptors (Lipinski definition) is 5. The molecule has 2 aromatic carbocycles. The van der Waals surface area contributed by atoms with Crippen LogP contribution in [0.4, 0.5) is 9.52 Å². The fraction of sp³-hybridized carbons (Fsp3) is 0.0833. The van der Waals surface area contributed by atoms with Crippen LogP contribution in [0.5, 0.6) is 0 Å². The van der Waals surface area contributed by atoms with Crippen molar-refractivity contribution in [1.82, 2.24) is 14.5 Å². The van der Waals surface area contributed by atoms with Crippen molar-refractivity contribution in [3.8, 4) is 0 Å². The first-order valence-corrected chi connectivity index (χ1v) is 10.7. The lowest BCUT2D eigenvalue weighted by atomic mass is 10.1. The Labute approximate surface area is 186 Å². The van der Waals surface area contributed by atoms with Gasteiger partial charge in [-0.05, 0) is 42.8 Å². The third kappa shape index (κ3) is 3.54. The molecule has 3 aromatic heterocycles. The van der Waals surface area contributed by atoms with Gasteiger partial charge in [-0.15, -0.1) is 0 Å². The summed E-state index contributed by atoms with van der Waals surface area (Å²) in [6.07, 6.45) is 1.56. The van der Waals surface area contributed by atoms with Crippen molar-refractivity contribution < 1.29 is 9.18 Å². The average Bonchev–Trinajstić information content (AvgIpc) is 3.20. The number of carbonyl (C=O) groups excluding carboxylic acids is 1. The molecule has 0 aliphatic heterocycles. The maximum Gasteiger partial charge on any atom is 0.265 e. The van der Waals surface area contributed by atoms with Crippen LogP contribution >= 0.6 is 11.3 Å². The summed E-state index contributed by atoms with van der Waals surface area (Å²) < 4.78 is 16.5. The van der Waals surface area contributed by atoms with E-state index in [0.29, 0.717) is 21.7 Å². The van der Waals surface area contributed by atoms with Gasteiger partial charge in [0.15, 0.2) is 5.13 Å². The topological polar surface area (TPSA) is 76.9 Å². The number of nitrogens with zero attached hydrogens (tertiary/aromatic N) is 3. The summed E-state index contributed by atoms with van der Waals surface area (Å²) in [5, 5.41) is 3.76. The highest BCUT2D eigenvalue weighted by atomic mass is 32.1. The molecule has 0 aliphatic rings. The second kappa shape index (κ2) is 7.97. The fourth-order valence-corrected chi connectivity index (χ4v) is 4.56. The van der Waals surface area contributed by atoms with Crippen LogP contribution in [-0.4, -0.2) is 20.4 Å². The Bertz CT molecular complexity index is 1560. The number of halogens is 1. The Morgan fingerprint density at radius 1 is 1.12 bits per heavy atom. The molecule has 0 fully saturated rings.